The Kier molecular flexibility index (Phi) is 2.47. The summed E-state index contributed by atoms with van der Waals surface area (Å²) in [5, 5.41) is 9.16. The number of aliphatic hydroxyl groups is 1. The number of allylic oxidation sites excluding steroid dienone is 2. The van der Waals surface area contributed by atoms with Gasteiger partial charge in [-0.25, -0.2) is 0 Å². The van der Waals surface area contributed by atoms with E-state index in [1.165, 1.54) is 0 Å². The van der Waals surface area contributed by atoms with Crippen molar-refractivity contribution in [2.45, 2.75) is 52.8 Å². The van der Waals surface area contributed by atoms with Crippen LogP contribution in [-0.4, -0.2) is 11.7 Å². The quantitative estimate of drug-likeness (QED) is 0.725. The van der Waals surface area contributed by atoms with Gasteiger partial charge in [0.25, 0.3) is 0 Å². The summed E-state index contributed by atoms with van der Waals surface area (Å²) in [5.74, 6) is 0.940. The summed E-state index contributed by atoms with van der Waals surface area (Å²) >= 11 is 0. The van der Waals surface area contributed by atoms with Crippen LogP contribution in [0.2, 0.25) is 0 Å². The molecule has 1 N–H and O–H groups in total. The Bertz CT molecular complexity index is 361. The van der Waals surface area contributed by atoms with Gasteiger partial charge >= 0.3 is 0 Å². The molecule has 0 unspecified atom stereocenters. The van der Waals surface area contributed by atoms with Gasteiger partial charge in [-0.2, -0.15) is 0 Å². The molecule has 0 radical (unpaired) electrons. The highest BCUT2D eigenvalue weighted by Gasteiger charge is 2.46. The molecule has 0 amide bonds. The van der Waals surface area contributed by atoms with Gasteiger partial charge < -0.3 is 5.11 Å². The van der Waals surface area contributed by atoms with Crippen molar-refractivity contribution in [1.29, 1.82) is 0 Å². The van der Waals surface area contributed by atoms with Crippen LogP contribution in [0.3, 0.4) is 0 Å². The minimum absolute atomic E-state index is 0.135. The van der Waals surface area contributed by atoms with Crippen LogP contribution in [0.15, 0.2) is 11.6 Å². The Hall–Kier alpha value is -0.300. The monoisotopic (exact) mass is 225 g/mol. The molecule has 0 aromatic carbocycles. The van der Waals surface area contributed by atoms with Crippen LogP contribution in [0, 0.1) is 23.2 Å². The number of aliphatic hydroxyl groups excluding tert-OH is 1. The van der Waals surface area contributed by atoms with Crippen LogP contribution >= 0.6 is 0 Å². The van der Waals surface area contributed by atoms with E-state index >= 15 is 0 Å². The van der Waals surface area contributed by atoms with E-state index in [4.69, 9.17) is 9.22 Å². The van der Waals surface area contributed by atoms with Gasteiger partial charge in [-0.3, -0.25) is 0 Å². The zero-order valence-corrected chi connectivity index (χ0v) is 10.5. The van der Waals surface area contributed by atoms with Gasteiger partial charge in [0.1, 0.15) is 0 Å². The fraction of sp³-hybridized carbons (Fsp3) is 0.867. The first-order valence-electron chi connectivity index (χ1n) is 8.16. The molecule has 1 heteroatoms. The van der Waals surface area contributed by atoms with E-state index in [0.717, 1.165) is 31.3 Å². The van der Waals surface area contributed by atoms with Crippen LogP contribution in [-0.2, 0) is 0 Å². The highest BCUT2D eigenvalue weighted by atomic mass is 16.3. The largest absolute Gasteiger partial charge is 0.396 e. The maximum Gasteiger partial charge on any atom is 0.0436 e. The molecule has 0 bridgehead atoms. The topological polar surface area (TPSA) is 20.2 Å². The molecule has 2 aliphatic rings. The van der Waals surface area contributed by atoms with Crippen molar-refractivity contribution in [2.75, 3.05) is 6.61 Å². The molecule has 0 saturated heterocycles. The molecule has 0 aromatic rings. The predicted octanol–water partition coefficient (Wildman–Crippen LogP) is 3.78. The van der Waals surface area contributed by atoms with E-state index in [2.05, 4.69) is 19.9 Å². The van der Waals surface area contributed by atoms with Gasteiger partial charge in [0, 0.05) is 10.7 Å². The molecular formula is C15H26O. The van der Waals surface area contributed by atoms with Crippen LogP contribution in [0.1, 0.15) is 56.9 Å². The van der Waals surface area contributed by atoms with Crippen molar-refractivity contribution in [1.82, 2.24) is 0 Å². The third-order valence-electron chi connectivity index (χ3n) is 4.75. The average Bonchev–Trinajstić information content (AvgIpc) is 2.70. The fourth-order valence-electron chi connectivity index (χ4n) is 3.79. The maximum absolute atomic E-state index is 9.16. The Morgan fingerprint density at radius 3 is 3.19 bits per heavy atom. The molecule has 0 spiro atoms. The lowest BCUT2D eigenvalue weighted by molar-refractivity contribution is 0.108. The lowest BCUT2D eigenvalue weighted by Crippen LogP contribution is -2.35. The van der Waals surface area contributed by atoms with E-state index in [0.29, 0.717) is 12.3 Å². The first-order chi connectivity index (χ1) is 8.84. The van der Waals surface area contributed by atoms with Crippen molar-refractivity contribution < 1.29 is 9.22 Å². The van der Waals surface area contributed by atoms with Crippen LogP contribution in [0.25, 0.3) is 0 Å². The fourth-order valence-corrected chi connectivity index (χ4v) is 3.79. The Morgan fingerprint density at radius 2 is 2.50 bits per heavy atom. The maximum atomic E-state index is 9.16. The van der Waals surface area contributed by atoms with Crippen LogP contribution < -0.4 is 0 Å². The molecule has 1 saturated carbocycles. The SMILES string of the molecule is [2H]C([2H])([2H])[C@]12CCC[C@@H](C)[C@@H]1CC=C2[C@H](C)CCO. The summed E-state index contributed by atoms with van der Waals surface area (Å²) < 4.78 is 24.4. The van der Waals surface area contributed by atoms with E-state index in [1.807, 2.05) is 0 Å². The van der Waals surface area contributed by atoms with E-state index in [9.17, 15) is 0 Å². The lowest BCUT2D eigenvalue weighted by atomic mass is 9.60. The molecule has 0 aromatic heterocycles. The van der Waals surface area contributed by atoms with Gasteiger partial charge in [-0.05, 0) is 42.4 Å². The Labute approximate surface area is 104 Å². The van der Waals surface area contributed by atoms with E-state index in [-0.39, 0.29) is 18.4 Å². The number of hydrogen-bond donors (Lipinski definition) is 1. The minimum Gasteiger partial charge on any atom is -0.396 e. The van der Waals surface area contributed by atoms with E-state index < -0.39 is 12.3 Å². The predicted molar refractivity (Wildman–Crippen MR) is 68.2 cm³/mol. The molecule has 0 heterocycles. The third kappa shape index (κ3) is 1.84. The second-order valence-electron chi connectivity index (χ2n) is 5.76. The van der Waals surface area contributed by atoms with Gasteiger partial charge in [0.15, 0.2) is 0 Å². The molecule has 2 aliphatic carbocycles. The summed E-state index contributed by atoms with van der Waals surface area (Å²) in [7, 11) is 0. The zero-order valence-electron chi connectivity index (χ0n) is 13.5. The van der Waals surface area contributed by atoms with Crippen molar-refractivity contribution in [3.63, 3.8) is 0 Å². The van der Waals surface area contributed by atoms with Gasteiger partial charge in [-0.1, -0.05) is 45.2 Å². The lowest BCUT2D eigenvalue weighted by Gasteiger charge is -2.44. The molecule has 92 valence electrons. The summed E-state index contributed by atoms with van der Waals surface area (Å²) in [4.78, 5) is 0. The van der Waals surface area contributed by atoms with Gasteiger partial charge in [0.2, 0.25) is 0 Å². The molecule has 4 atom stereocenters. The first-order valence-corrected chi connectivity index (χ1v) is 6.66. The smallest absolute Gasteiger partial charge is 0.0436 e. The van der Waals surface area contributed by atoms with Crippen LogP contribution in [0.5, 0.6) is 0 Å². The molecule has 0 aliphatic heterocycles. The van der Waals surface area contributed by atoms with Crippen LogP contribution in [0.4, 0.5) is 0 Å². The Morgan fingerprint density at radius 1 is 1.69 bits per heavy atom. The van der Waals surface area contributed by atoms with Crippen molar-refractivity contribution in [2.24, 2.45) is 23.2 Å². The zero-order chi connectivity index (χ0) is 14.3. The first kappa shape index (κ1) is 8.74. The normalized spacial score (nSPS) is 43.9. The second-order valence-corrected chi connectivity index (χ2v) is 5.76. The second kappa shape index (κ2) is 4.52. The number of rotatable bonds is 3. The van der Waals surface area contributed by atoms with Crippen molar-refractivity contribution in [3.05, 3.63) is 11.6 Å². The molecule has 2 rings (SSSR count). The minimum atomic E-state index is -1.92. The molecule has 1 fully saturated rings. The van der Waals surface area contributed by atoms with E-state index in [1.54, 1.807) is 0 Å². The van der Waals surface area contributed by atoms with Crippen molar-refractivity contribution >= 4 is 0 Å². The Balaban J connectivity index is 2.39. The molecule has 1 nitrogen and oxygen atoms in total. The highest BCUT2D eigenvalue weighted by molar-refractivity contribution is 5.25. The third-order valence-corrected chi connectivity index (χ3v) is 4.75. The number of fused-ring (bicyclic) bond motifs is 1. The standard InChI is InChI=1S/C15H26O/c1-11-5-4-9-15(3)13(11)6-7-14(15)12(2)8-10-16/h7,11-13,16H,4-6,8-10H2,1-3H3/t11-,12-,13+,15+/m1/s1/i3D3. The summed E-state index contributed by atoms with van der Waals surface area (Å²) in [6, 6.07) is 0. The summed E-state index contributed by atoms with van der Waals surface area (Å²) in [5.41, 5.74) is 0.498. The van der Waals surface area contributed by atoms with Crippen molar-refractivity contribution in [3.8, 4) is 0 Å². The average molecular weight is 225 g/mol. The van der Waals surface area contributed by atoms with Gasteiger partial charge in [0.05, 0.1) is 0 Å². The molecule has 16 heavy (non-hydrogen) atoms. The highest BCUT2D eigenvalue weighted by Crippen LogP contribution is 2.56. The number of hydrogen-bond acceptors (Lipinski definition) is 1. The van der Waals surface area contributed by atoms with Gasteiger partial charge in [-0.15, -0.1) is 0 Å². The summed E-state index contributed by atoms with van der Waals surface area (Å²) in [6.07, 6.45) is 6.71. The molecular weight excluding hydrogens is 196 g/mol. The summed E-state index contributed by atoms with van der Waals surface area (Å²) in [6.45, 7) is 2.49.